The van der Waals surface area contributed by atoms with E-state index >= 15 is 0 Å². The molecule has 2 fully saturated rings. The number of nitrogens with zero attached hydrogens (tertiary/aromatic N) is 4. The van der Waals surface area contributed by atoms with Crippen LogP contribution in [0.1, 0.15) is 36.8 Å². The Morgan fingerprint density at radius 1 is 0.600 bits per heavy atom. The third-order valence-corrected chi connectivity index (χ3v) is 6.48. The minimum absolute atomic E-state index is 0.990. The molecule has 0 bridgehead atoms. The highest BCUT2D eigenvalue weighted by Crippen LogP contribution is 2.27. The fourth-order valence-corrected chi connectivity index (χ4v) is 4.67. The molecule has 2 heterocycles. The summed E-state index contributed by atoms with van der Waals surface area (Å²) in [4.78, 5) is 9.85. The molecule has 30 heavy (non-hydrogen) atoms. The lowest BCUT2D eigenvalue weighted by Crippen LogP contribution is -2.28. The molecule has 2 saturated heterocycles. The summed E-state index contributed by atoms with van der Waals surface area (Å²) >= 11 is 0. The van der Waals surface area contributed by atoms with Gasteiger partial charge >= 0.3 is 0 Å². The normalized spacial score (nSPS) is 17.8. The molecular formula is C26H38N4. The standard InChI is InChI=1S/C26H38N4/c1-27(2)19-20-30(25-11-7-23(8-12-25)21-28-15-3-4-16-28)26-13-9-24(10-14-26)22-29-17-5-6-18-29/h7-14H,3-6,15-22H2,1-2H3. The van der Waals surface area contributed by atoms with E-state index in [1.807, 2.05) is 0 Å². The van der Waals surface area contributed by atoms with Crippen molar-refractivity contribution in [1.82, 2.24) is 14.7 Å². The number of anilines is 2. The molecular weight excluding hydrogens is 368 g/mol. The molecule has 0 saturated carbocycles. The van der Waals surface area contributed by atoms with Crippen LogP contribution in [0.5, 0.6) is 0 Å². The molecule has 4 rings (SSSR count). The van der Waals surface area contributed by atoms with Gasteiger partial charge in [-0.2, -0.15) is 0 Å². The quantitative estimate of drug-likeness (QED) is 0.604. The molecule has 0 unspecified atom stereocenters. The molecule has 0 radical (unpaired) electrons. The number of hydrogen-bond donors (Lipinski definition) is 0. The Labute approximate surface area is 183 Å². The zero-order valence-corrected chi connectivity index (χ0v) is 18.9. The van der Waals surface area contributed by atoms with E-state index in [9.17, 15) is 0 Å². The van der Waals surface area contributed by atoms with Gasteiger partial charge in [0.15, 0.2) is 0 Å². The third kappa shape index (κ3) is 5.84. The zero-order chi connectivity index (χ0) is 20.8. The van der Waals surface area contributed by atoms with E-state index in [1.54, 1.807) is 0 Å². The Kier molecular flexibility index (Phi) is 7.42. The first-order valence-corrected chi connectivity index (χ1v) is 11.7. The molecule has 0 spiro atoms. The van der Waals surface area contributed by atoms with Crippen molar-refractivity contribution in [2.75, 3.05) is 58.3 Å². The van der Waals surface area contributed by atoms with Crippen molar-refractivity contribution in [3.05, 3.63) is 59.7 Å². The molecule has 0 amide bonds. The number of benzene rings is 2. The highest BCUT2D eigenvalue weighted by molar-refractivity contribution is 5.63. The lowest BCUT2D eigenvalue weighted by atomic mass is 10.1. The van der Waals surface area contributed by atoms with Crippen LogP contribution in [0.3, 0.4) is 0 Å². The number of rotatable bonds is 9. The minimum Gasteiger partial charge on any atom is -0.340 e. The van der Waals surface area contributed by atoms with E-state index < -0.39 is 0 Å². The molecule has 0 atom stereocenters. The van der Waals surface area contributed by atoms with Gasteiger partial charge in [-0.15, -0.1) is 0 Å². The van der Waals surface area contributed by atoms with Crippen LogP contribution in [0.2, 0.25) is 0 Å². The second-order valence-corrected chi connectivity index (χ2v) is 9.25. The highest BCUT2D eigenvalue weighted by atomic mass is 15.2. The maximum absolute atomic E-state index is 2.57. The van der Waals surface area contributed by atoms with Crippen molar-refractivity contribution in [1.29, 1.82) is 0 Å². The lowest BCUT2D eigenvalue weighted by molar-refractivity contribution is 0.331. The van der Waals surface area contributed by atoms with E-state index in [0.29, 0.717) is 0 Å². The van der Waals surface area contributed by atoms with Crippen LogP contribution in [0.4, 0.5) is 11.4 Å². The van der Waals surface area contributed by atoms with Gasteiger partial charge in [0.2, 0.25) is 0 Å². The minimum atomic E-state index is 0.990. The summed E-state index contributed by atoms with van der Waals surface area (Å²) in [5, 5.41) is 0. The van der Waals surface area contributed by atoms with Crippen LogP contribution in [-0.4, -0.2) is 68.1 Å². The van der Waals surface area contributed by atoms with Gasteiger partial charge in [-0.05, 0) is 101 Å². The third-order valence-electron chi connectivity index (χ3n) is 6.48. The fourth-order valence-electron chi connectivity index (χ4n) is 4.67. The monoisotopic (exact) mass is 406 g/mol. The van der Waals surface area contributed by atoms with Crippen molar-refractivity contribution >= 4 is 11.4 Å². The number of likely N-dealkylation sites (N-methyl/N-ethyl adjacent to an activating group) is 1. The lowest BCUT2D eigenvalue weighted by Gasteiger charge is -2.27. The Balaban J connectivity index is 1.46. The van der Waals surface area contributed by atoms with Crippen LogP contribution >= 0.6 is 0 Å². The predicted molar refractivity (Wildman–Crippen MR) is 127 cm³/mol. The maximum Gasteiger partial charge on any atom is 0.0411 e. The van der Waals surface area contributed by atoms with E-state index in [-0.39, 0.29) is 0 Å². The summed E-state index contributed by atoms with van der Waals surface area (Å²) in [7, 11) is 4.30. The van der Waals surface area contributed by atoms with E-state index in [1.165, 1.54) is 74.4 Å². The van der Waals surface area contributed by atoms with Gasteiger partial charge in [0.25, 0.3) is 0 Å². The topological polar surface area (TPSA) is 13.0 Å². The first kappa shape index (κ1) is 21.4. The fraction of sp³-hybridized carbons (Fsp3) is 0.538. The van der Waals surface area contributed by atoms with Gasteiger partial charge in [0, 0.05) is 37.6 Å². The first-order chi connectivity index (χ1) is 14.7. The van der Waals surface area contributed by atoms with Gasteiger partial charge < -0.3 is 9.80 Å². The van der Waals surface area contributed by atoms with Crippen molar-refractivity contribution in [3.63, 3.8) is 0 Å². The van der Waals surface area contributed by atoms with Gasteiger partial charge in [-0.3, -0.25) is 9.80 Å². The smallest absolute Gasteiger partial charge is 0.0411 e. The summed E-state index contributed by atoms with van der Waals surface area (Å²) in [6.45, 7) is 9.20. The van der Waals surface area contributed by atoms with Gasteiger partial charge in [-0.25, -0.2) is 0 Å². The van der Waals surface area contributed by atoms with Gasteiger partial charge in [0.05, 0.1) is 0 Å². The summed E-state index contributed by atoms with van der Waals surface area (Å²) < 4.78 is 0. The molecule has 0 aliphatic carbocycles. The molecule has 4 nitrogen and oxygen atoms in total. The summed E-state index contributed by atoms with van der Waals surface area (Å²) in [5.74, 6) is 0. The Morgan fingerprint density at radius 3 is 1.37 bits per heavy atom. The maximum atomic E-state index is 2.57. The van der Waals surface area contributed by atoms with E-state index in [0.717, 1.165) is 26.2 Å². The molecule has 0 N–H and O–H groups in total. The average molecular weight is 407 g/mol. The average Bonchev–Trinajstić information content (AvgIpc) is 3.45. The van der Waals surface area contributed by atoms with Gasteiger partial charge in [0.1, 0.15) is 0 Å². The molecule has 2 aromatic carbocycles. The van der Waals surface area contributed by atoms with Crippen molar-refractivity contribution in [3.8, 4) is 0 Å². The second-order valence-electron chi connectivity index (χ2n) is 9.25. The summed E-state index contributed by atoms with van der Waals surface area (Å²) in [6, 6.07) is 18.5. The molecule has 2 aromatic rings. The van der Waals surface area contributed by atoms with Crippen molar-refractivity contribution in [2.24, 2.45) is 0 Å². The molecule has 2 aliphatic heterocycles. The van der Waals surface area contributed by atoms with Crippen LogP contribution in [0.25, 0.3) is 0 Å². The Hall–Kier alpha value is -1.88. The second kappa shape index (κ2) is 10.4. The first-order valence-electron chi connectivity index (χ1n) is 11.7. The van der Waals surface area contributed by atoms with Crippen LogP contribution in [0, 0.1) is 0 Å². The predicted octanol–water partition coefficient (Wildman–Crippen LogP) is 4.58. The Bertz CT molecular complexity index is 695. The Morgan fingerprint density at radius 2 is 1.00 bits per heavy atom. The van der Waals surface area contributed by atoms with Crippen LogP contribution < -0.4 is 4.90 Å². The highest BCUT2D eigenvalue weighted by Gasteiger charge is 2.15. The van der Waals surface area contributed by atoms with Crippen molar-refractivity contribution < 1.29 is 0 Å². The summed E-state index contributed by atoms with van der Waals surface area (Å²) in [6.07, 6.45) is 5.41. The molecule has 2 aliphatic rings. The van der Waals surface area contributed by atoms with E-state index in [4.69, 9.17) is 0 Å². The van der Waals surface area contributed by atoms with E-state index in [2.05, 4.69) is 82.2 Å². The molecule has 0 aromatic heterocycles. The van der Waals surface area contributed by atoms with Gasteiger partial charge in [-0.1, -0.05) is 24.3 Å². The SMILES string of the molecule is CN(C)CCN(c1ccc(CN2CCCC2)cc1)c1ccc(CN2CCCC2)cc1. The molecule has 162 valence electrons. The zero-order valence-electron chi connectivity index (χ0n) is 18.9. The van der Waals surface area contributed by atoms with Crippen LogP contribution in [0.15, 0.2) is 48.5 Å². The summed E-state index contributed by atoms with van der Waals surface area (Å²) in [5.41, 5.74) is 5.42. The largest absolute Gasteiger partial charge is 0.340 e. The molecule has 4 heteroatoms. The van der Waals surface area contributed by atoms with Crippen molar-refractivity contribution in [2.45, 2.75) is 38.8 Å². The number of likely N-dealkylation sites (tertiary alicyclic amines) is 2. The van der Waals surface area contributed by atoms with Crippen LogP contribution in [-0.2, 0) is 13.1 Å². The number of hydrogen-bond acceptors (Lipinski definition) is 4.